The normalized spacial score (nSPS) is 18.4. The summed E-state index contributed by atoms with van der Waals surface area (Å²) in [5.41, 5.74) is 2.32. The Hall–Kier alpha value is -3.13. The van der Waals surface area contributed by atoms with Crippen molar-refractivity contribution in [1.82, 2.24) is 4.90 Å². The molecule has 0 spiro atoms. The molecule has 0 aromatic heterocycles. The molecule has 152 valence electrons. The van der Waals surface area contributed by atoms with Crippen LogP contribution in [0.4, 0.5) is 11.4 Å². The number of rotatable bonds is 5. The third-order valence-electron chi connectivity index (χ3n) is 5.37. The van der Waals surface area contributed by atoms with Crippen LogP contribution in [0.1, 0.15) is 30.0 Å². The lowest BCUT2D eigenvalue weighted by atomic mass is 10.0. The molecule has 1 saturated heterocycles. The van der Waals surface area contributed by atoms with E-state index in [1.54, 1.807) is 6.07 Å². The monoisotopic (exact) mass is 397 g/mol. The Morgan fingerprint density at radius 1 is 1.21 bits per heavy atom. The summed E-state index contributed by atoms with van der Waals surface area (Å²) in [6, 6.07) is 10.6. The zero-order valence-corrected chi connectivity index (χ0v) is 16.2. The van der Waals surface area contributed by atoms with E-state index < -0.39 is 4.92 Å². The van der Waals surface area contributed by atoms with Gasteiger partial charge in [-0.05, 0) is 49.6 Å². The van der Waals surface area contributed by atoms with Gasteiger partial charge in [-0.15, -0.1) is 0 Å². The van der Waals surface area contributed by atoms with Gasteiger partial charge in [0.15, 0.2) is 11.5 Å². The van der Waals surface area contributed by atoms with Crippen molar-refractivity contribution < 1.29 is 19.2 Å². The number of nitro groups is 1. The maximum atomic E-state index is 12.6. The molecule has 0 radical (unpaired) electrons. The molecule has 2 aromatic carbocycles. The first-order valence-corrected chi connectivity index (χ1v) is 9.70. The Kier molecular flexibility index (Phi) is 5.35. The minimum atomic E-state index is -0.465. The molecular formula is C21H23N3O5. The van der Waals surface area contributed by atoms with Crippen molar-refractivity contribution in [3.63, 3.8) is 0 Å². The van der Waals surface area contributed by atoms with Gasteiger partial charge in [0.25, 0.3) is 5.69 Å². The van der Waals surface area contributed by atoms with Crippen molar-refractivity contribution in [3.8, 4) is 11.5 Å². The molecule has 2 aliphatic rings. The highest BCUT2D eigenvalue weighted by molar-refractivity contribution is 5.93. The summed E-state index contributed by atoms with van der Waals surface area (Å²) in [5.74, 6) is 1.32. The fraction of sp³-hybridized carbons (Fsp3) is 0.381. The van der Waals surface area contributed by atoms with Gasteiger partial charge in [-0.3, -0.25) is 19.8 Å². The Labute approximate surface area is 168 Å². The van der Waals surface area contributed by atoms with Crippen molar-refractivity contribution in [1.29, 1.82) is 0 Å². The van der Waals surface area contributed by atoms with Gasteiger partial charge in [-0.1, -0.05) is 12.1 Å². The number of non-ortho nitro benzene ring substituents is 1. The van der Waals surface area contributed by atoms with Crippen LogP contribution in [0.15, 0.2) is 36.4 Å². The summed E-state index contributed by atoms with van der Waals surface area (Å²) in [4.78, 5) is 25.3. The molecule has 2 aliphatic heterocycles. The molecule has 2 aromatic rings. The molecule has 0 saturated carbocycles. The number of aryl methyl sites for hydroxylation is 1. The standard InChI is InChI=1S/C21H23N3O5/c1-14-4-6-16(24(26)27)12-17(14)22-21(25)13-23-8-2-3-18(23)15-5-7-19-20(11-15)29-10-9-28-19/h4-7,11-12,18H,2-3,8-10,13H2,1H3,(H,22,25)/t18-/m1/s1. The number of nitro benzene ring substituents is 1. The summed E-state index contributed by atoms with van der Waals surface area (Å²) < 4.78 is 11.3. The fourth-order valence-corrected chi connectivity index (χ4v) is 3.89. The number of carbonyl (C=O) groups excluding carboxylic acids is 1. The van der Waals surface area contributed by atoms with Crippen molar-refractivity contribution in [2.45, 2.75) is 25.8 Å². The van der Waals surface area contributed by atoms with E-state index in [0.29, 0.717) is 18.9 Å². The number of carbonyl (C=O) groups is 1. The Morgan fingerprint density at radius 3 is 2.79 bits per heavy atom. The second kappa shape index (κ2) is 8.08. The van der Waals surface area contributed by atoms with Crippen molar-refractivity contribution in [2.24, 2.45) is 0 Å². The molecule has 0 bridgehead atoms. The van der Waals surface area contributed by atoms with Crippen LogP contribution in [0, 0.1) is 17.0 Å². The maximum absolute atomic E-state index is 12.6. The molecule has 1 fully saturated rings. The number of hydrogen-bond acceptors (Lipinski definition) is 6. The van der Waals surface area contributed by atoms with Crippen LogP contribution in [0.2, 0.25) is 0 Å². The molecule has 29 heavy (non-hydrogen) atoms. The van der Waals surface area contributed by atoms with Gasteiger partial charge >= 0.3 is 0 Å². The third kappa shape index (κ3) is 4.17. The molecule has 0 unspecified atom stereocenters. The van der Waals surface area contributed by atoms with Gasteiger partial charge in [-0.2, -0.15) is 0 Å². The number of nitrogens with one attached hydrogen (secondary N) is 1. The summed E-state index contributed by atoms with van der Waals surface area (Å²) >= 11 is 0. The second-order valence-corrected chi connectivity index (χ2v) is 7.34. The predicted octanol–water partition coefficient (Wildman–Crippen LogP) is 3.45. The van der Waals surface area contributed by atoms with Gasteiger partial charge in [0.1, 0.15) is 13.2 Å². The summed E-state index contributed by atoms with van der Waals surface area (Å²) in [7, 11) is 0. The molecule has 1 atom stereocenters. The average molecular weight is 397 g/mol. The second-order valence-electron chi connectivity index (χ2n) is 7.34. The SMILES string of the molecule is Cc1ccc([N+](=O)[O-])cc1NC(=O)CN1CCC[C@@H]1c1ccc2c(c1)OCCO2. The molecule has 4 rings (SSSR count). The van der Waals surface area contributed by atoms with Gasteiger partial charge in [0.2, 0.25) is 5.91 Å². The Bertz CT molecular complexity index is 946. The van der Waals surface area contributed by atoms with Crippen molar-refractivity contribution in [3.05, 3.63) is 57.6 Å². The van der Waals surface area contributed by atoms with E-state index in [9.17, 15) is 14.9 Å². The topological polar surface area (TPSA) is 93.9 Å². The molecule has 1 N–H and O–H groups in total. The van der Waals surface area contributed by atoms with Gasteiger partial charge < -0.3 is 14.8 Å². The van der Waals surface area contributed by atoms with Crippen LogP contribution in [-0.4, -0.2) is 42.0 Å². The zero-order valence-electron chi connectivity index (χ0n) is 16.2. The molecule has 8 nitrogen and oxygen atoms in total. The van der Waals surface area contributed by atoms with E-state index in [1.165, 1.54) is 12.1 Å². The highest BCUT2D eigenvalue weighted by Crippen LogP contribution is 2.38. The molecule has 0 aliphatic carbocycles. The van der Waals surface area contributed by atoms with E-state index in [-0.39, 0.29) is 24.2 Å². The molecule has 1 amide bonds. The average Bonchev–Trinajstić information content (AvgIpc) is 3.17. The number of likely N-dealkylation sites (tertiary alicyclic amines) is 1. The summed E-state index contributed by atoms with van der Waals surface area (Å²) in [6.07, 6.45) is 1.96. The lowest BCUT2D eigenvalue weighted by Crippen LogP contribution is -2.33. The van der Waals surface area contributed by atoms with Gasteiger partial charge in [-0.25, -0.2) is 0 Å². The third-order valence-corrected chi connectivity index (χ3v) is 5.37. The fourth-order valence-electron chi connectivity index (χ4n) is 3.89. The van der Waals surface area contributed by atoms with Crippen molar-refractivity contribution >= 4 is 17.3 Å². The van der Waals surface area contributed by atoms with Gasteiger partial charge in [0.05, 0.1) is 17.2 Å². The van der Waals surface area contributed by atoms with E-state index in [0.717, 1.165) is 42.0 Å². The number of benzene rings is 2. The van der Waals surface area contributed by atoms with Crippen LogP contribution >= 0.6 is 0 Å². The number of fused-ring (bicyclic) bond motifs is 1. The molecule has 2 heterocycles. The number of ether oxygens (including phenoxy) is 2. The maximum Gasteiger partial charge on any atom is 0.271 e. The van der Waals surface area contributed by atoms with Crippen LogP contribution in [0.3, 0.4) is 0 Å². The first-order valence-electron chi connectivity index (χ1n) is 9.70. The smallest absolute Gasteiger partial charge is 0.271 e. The van der Waals surface area contributed by atoms with E-state index >= 15 is 0 Å². The van der Waals surface area contributed by atoms with Crippen LogP contribution in [0.5, 0.6) is 11.5 Å². The quantitative estimate of drug-likeness (QED) is 0.613. The minimum Gasteiger partial charge on any atom is -0.486 e. The van der Waals surface area contributed by atoms with Crippen molar-refractivity contribution in [2.75, 3.05) is 31.6 Å². The van der Waals surface area contributed by atoms with Crippen LogP contribution < -0.4 is 14.8 Å². The van der Waals surface area contributed by atoms with E-state index in [1.807, 2.05) is 25.1 Å². The number of amides is 1. The highest BCUT2D eigenvalue weighted by atomic mass is 16.6. The van der Waals surface area contributed by atoms with E-state index in [4.69, 9.17) is 9.47 Å². The first kappa shape index (κ1) is 19.2. The highest BCUT2D eigenvalue weighted by Gasteiger charge is 2.29. The molecular weight excluding hydrogens is 374 g/mol. The zero-order chi connectivity index (χ0) is 20.4. The number of anilines is 1. The lowest BCUT2D eigenvalue weighted by Gasteiger charge is -2.26. The Morgan fingerprint density at radius 2 is 2.00 bits per heavy atom. The number of hydrogen-bond donors (Lipinski definition) is 1. The van der Waals surface area contributed by atoms with E-state index in [2.05, 4.69) is 10.2 Å². The predicted molar refractivity (Wildman–Crippen MR) is 107 cm³/mol. The van der Waals surface area contributed by atoms with Crippen LogP contribution in [-0.2, 0) is 4.79 Å². The lowest BCUT2D eigenvalue weighted by molar-refractivity contribution is -0.384. The Balaban J connectivity index is 1.45. The molecule has 8 heteroatoms. The van der Waals surface area contributed by atoms with Crippen LogP contribution in [0.25, 0.3) is 0 Å². The number of nitrogens with zero attached hydrogens (tertiary/aromatic N) is 2. The summed E-state index contributed by atoms with van der Waals surface area (Å²) in [5, 5.41) is 13.8. The minimum absolute atomic E-state index is 0.0405. The van der Waals surface area contributed by atoms with Gasteiger partial charge in [0, 0.05) is 18.2 Å². The summed E-state index contributed by atoms with van der Waals surface area (Å²) in [6.45, 7) is 3.95. The first-order chi connectivity index (χ1) is 14.0. The largest absolute Gasteiger partial charge is 0.486 e.